The maximum absolute atomic E-state index is 12.2. The highest BCUT2D eigenvalue weighted by molar-refractivity contribution is 7.86. The van der Waals surface area contributed by atoms with Gasteiger partial charge in [-0.3, -0.25) is 18.0 Å². The normalized spacial score (nSPS) is 22.0. The number of halogens is 1. The maximum Gasteiger partial charge on any atom is 0.306 e. The number of carbonyl (C=O) groups excluding carboxylic acids is 2. The van der Waals surface area contributed by atoms with Gasteiger partial charge in [0.05, 0.1) is 38.6 Å². The van der Waals surface area contributed by atoms with E-state index in [2.05, 4.69) is 0 Å². The van der Waals surface area contributed by atoms with Gasteiger partial charge in [-0.15, -0.1) is 0 Å². The van der Waals surface area contributed by atoms with Gasteiger partial charge in [0.2, 0.25) is 6.29 Å². The second kappa shape index (κ2) is 12.0. The molecule has 0 aromatic heterocycles. The summed E-state index contributed by atoms with van der Waals surface area (Å²) in [6, 6.07) is 6.56. The monoisotopic (exact) mass is 558 g/mol. The third-order valence-electron chi connectivity index (χ3n) is 4.90. The Labute approximate surface area is 209 Å². The molecule has 1 aromatic carbocycles. The average molecular weight is 559 g/mol. The molecule has 0 spiro atoms. The van der Waals surface area contributed by atoms with E-state index in [9.17, 15) is 26.4 Å². The van der Waals surface area contributed by atoms with Crippen LogP contribution in [0.5, 0.6) is 0 Å². The molecule has 1 aliphatic rings. The van der Waals surface area contributed by atoms with Crippen molar-refractivity contribution in [3.63, 3.8) is 0 Å². The van der Waals surface area contributed by atoms with Crippen molar-refractivity contribution in [3.8, 4) is 0 Å². The molecule has 3 atom stereocenters. The van der Waals surface area contributed by atoms with Gasteiger partial charge in [-0.25, -0.2) is 0 Å². The third kappa shape index (κ3) is 9.29. The molecule has 35 heavy (non-hydrogen) atoms. The van der Waals surface area contributed by atoms with Crippen molar-refractivity contribution in [1.29, 1.82) is 0 Å². The quantitative estimate of drug-likeness (QED) is 0.265. The van der Waals surface area contributed by atoms with Crippen LogP contribution in [0.3, 0.4) is 0 Å². The zero-order valence-corrected chi connectivity index (χ0v) is 21.9. The van der Waals surface area contributed by atoms with Gasteiger partial charge in [0.15, 0.2) is 0 Å². The topological polar surface area (TPSA) is 158 Å². The molecule has 0 amide bonds. The number of rotatable bonds is 12. The molecule has 1 aromatic rings. The van der Waals surface area contributed by atoms with Gasteiger partial charge >= 0.3 is 11.9 Å². The van der Waals surface area contributed by atoms with Gasteiger partial charge in [0.1, 0.15) is 24.9 Å². The van der Waals surface area contributed by atoms with Crippen molar-refractivity contribution in [2.45, 2.75) is 37.9 Å². The molecule has 0 N–H and O–H groups in total. The molecule has 198 valence electrons. The van der Waals surface area contributed by atoms with E-state index in [0.29, 0.717) is 10.6 Å². The van der Waals surface area contributed by atoms with Crippen molar-refractivity contribution in [1.82, 2.24) is 0 Å². The predicted molar refractivity (Wildman–Crippen MR) is 121 cm³/mol. The first-order valence-corrected chi connectivity index (χ1v) is 14.1. The average Bonchev–Trinajstić information content (AvgIpc) is 3.01. The Morgan fingerprint density at radius 1 is 1.03 bits per heavy atom. The summed E-state index contributed by atoms with van der Waals surface area (Å²) in [7, 11) is -6.93. The van der Waals surface area contributed by atoms with Crippen LogP contribution in [-0.2, 0) is 63.7 Å². The Morgan fingerprint density at radius 2 is 1.57 bits per heavy atom. The first-order chi connectivity index (χ1) is 16.1. The Bertz CT molecular complexity index is 1070. The third-order valence-corrected chi connectivity index (χ3v) is 6.24. The molecule has 1 aliphatic heterocycles. The van der Waals surface area contributed by atoms with Gasteiger partial charge in [0, 0.05) is 11.9 Å². The molecular formula is C20H27ClO12S2. The van der Waals surface area contributed by atoms with Gasteiger partial charge < -0.3 is 18.9 Å². The molecular weight excluding hydrogens is 532 g/mol. The van der Waals surface area contributed by atoms with E-state index in [0.717, 1.165) is 26.5 Å². The molecule has 0 radical (unpaired) electrons. The van der Waals surface area contributed by atoms with Crippen LogP contribution < -0.4 is 0 Å². The van der Waals surface area contributed by atoms with Crippen LogP contribution in [0.1, 0.15) is 18.9 Å². The van der Waals surface area contributed by atoms with Crippen molar-refractivity contribution in [2.75, 3.05) is 32.8 Å². The first-order valence-electron chi connectivity index (χ1n) is 10.1. The Balaban J connectivity index is 2.52. The lowest BCUT2D eigenvalue weighted by Gasteiger charge is -2.33. The highest BCUT2D eigenvalue weighted by Gasteiger charge is 2.59. The van der Waals surface area contributed by atoms with E-state index >= 15 is 0 Å². The van der Waals surface area contributed by atoms with Gasteiger partial charge in [-0.2, -0.15) is 16.8 Å². The largest absolute Gasteiger partial charge is 0.469 e. The molecule has 1 heterocycles. The summed E-state index contributed by atoms with van der Waals surface area (Å²) in [6.45, 7) is -0.512. The van der Waals surface area contributed by atoms with E-state index in [1.54, 1.807) is 24.3 Å². The van der Waals surface area contributed by atoms with Crippen LogP contribution in [0.15, 0.2) is 24.3 Å². The summed E-state index contributed by atoms with van der Waals surface area (Å²) in [5.74, 6) is -2.52. The molecule has 0 unspecified atom stereocenters. The minimum Gasteiger partial charge on any atom is -0.469 e. The fourth-order valence-electron chi connectivity index (χ4n) is 3.40. The highest BCUT2D eigenvalue weighted by atomic mass is 35.5. The number of ether oxygens (including phenoxy) is 4. The minimum atomic E-state index is -4.04. The van der Waals surface area contributed by atoms with Crippen LogP contribution >= 0.6 is 11.6 Å². The van der Waals surface area contributed by atoms with E-state index in [1.165, 1.54) is 0 Å². The Morgan fingerprint density at radius 3 is 2.03 bits per heavy atom. The lowest BCUT2D eigenvalue weighted by molar-refractivity contribution is -0.206. The SMILES string of the molecule is COC(=O)C[C@H]1[C@H](OC(C)=O)OC(COS(C)(=O)=O)(COS(C)(=O)=O)[C@H]1OCc1ccc(Cl)cc1. The van der Waals surface area contributed by atoms with Gasteiger partial charge in [-0.1, -0.05) is 23.7 Å². The van der Waals surface area contributed by atoms with Crippen LogP contribution in [0.25, 0.3) is 0 Å². The Kier molecular flexibility index (Phi) is 10.0. The lowest BCUT2D eigenvalue weighted by atomic mass is 9.88. The van der Waals surface area contributed by atoms with Crippen molar-refractivity contribution < 1.29 is 53.7 Å². The van der Waals surface area contributed by atoms with Crippen LogP contribution in [0.4, 0.5) is 0 Å². The van der Waals surface area contributed by atoms with Gasteiger partial charge in [0.25, 0.3) is 20.2 Å². The summed E-state index contributed by atoms with van der Waals surface area (Å²) < 4.78 is 78.7. The summed E-state index contributed by atoms with van der Waals surface area (Å²) >= 11 is 5.91. The molecule has 0 saturated carbocycles. The van der Waals surface area contributed by atoms with Gasteiger partial charge in [-0.05, 0) is 17.7 Å². The van der Waals surface area contributed by atoms with E-state index < -0.39 is 69.3 Å². The molecule has 1 saturated heterocycles. The summed E-state index contributed by atoms with van der Waals surface area (Å²) in [6.07, 6.45) is -1.49. The number of carbonyl (C=O) groups is 2. The first kappa shape index (κ1) is 29.4. The van der Waals surface area contributed by atoms with Crippen molar-refractivity contribution in [2.24, 2.45) is 5.92 Å². The zero-order valence-electron chi connectivity index (χ0n) is 19.5. The van der Waals surface area contributed by atoms with E-state index in [1.807, 2.05) is 0 Å². The number of methoxy groups -OCH3 is 1. The fraction of sp³-hybridized carbons (Fsp3) is 0.600. The lowest BCUT2D eigenvalue weighted by Crippen LogP contribution is -2.51. The predicted octanol–water partition coefficient (Wildman–Crippen LogP) is 1.02. The van der Waals surface area contributed by atoms with Crippen molar-refractivity contribution >= 4 is 43.8 Å². The minimum absolute atomic E-state index is 0.0881. The van der Waals surface area contributed by atoms with E-state index in [4.69, 9.17) is 38.9 Å². The molecule has 15 heteroatoms. The Hall–Kier alpha value is -1.81. The molecule has 0 bridgehead atoms. The highest BCUT2D eigenvalue weighted by Crippen LogP contribution is 2.42. The fourth-order valence-corrected chi connectivity index (χ4v) is 4.36. The molecule has 0 aliphatic carbocycles. The number of benzene rings is 1. The van der Waals surface area contributed by atoms with Crippen LogP contribution in [0.2, 0.25) is 5.02 Å². The number of esters is 2. The number of hydrogen-bond donors (Lipinski definition) is 0. The second-order valence-electron chi connectivity index (χ2n) is 7.90. The number of hydrogen-bond acceptors (Lipinski definition) is 12. The van der Waals surface area contributed by atoms with E-state index in [-0.39, 0.29) is 13.0 Å². The molecule has 1 fully saturated rings. The molecule has 2 rings (SSSR count). The van der Waals surface area contributed by atoms with Crippen LogP contribution in [0, 0.1) is 5.92 Å². The van der Waals surface area contributed by atoms with Crippen molar-refractivity contribution in [3.05, 3.63) is 34.9 Å². The standard InChI is InChI=1S/C20H27ClO12S2/c1-13(22)32-19-16(9-17(23)28-2)18(29-10-14-5-7-15(21)8-6-14)20(33-19,11-30-34(3,24)25)12-31-35(4,26)27/h5-8,16,18-19H,9-12H2,1-4H3/t16-,18+,19-/m1/s1. The summed E-state index contributed by atoms with van der Waals surface area (Å²) in [5.41, 5.74) is -1.28. The summed E-state index contributed by atoms with van der Waals surface area (Å²) in [5, 5.41) is 0.480. The zero-order chi connectivity index (χ0) is 26.4. The van der Waals surface area contributed by atoms with Crippen LogP contribution in [-0.4, -0.2) is 79.6 Å². The maximum atomic E-state index is 12.2. The smallest absolute Gasteiger partial charge is 0.306 e. The molecule has 12 nitrogen and oxygen atoms in total. The second-order valence-corrected chi connectivity index (χ2v) is 11.6. The summed E-state index contributed by atoms with van der Waals surface area (Å²) in [4.78, 5) is 23.9.